The molecule has 30 heavy (non-hydrogen) atoms. The van der Waals surface area contributed by atoms with E-state index in [9.17, 15) is 9.59 Å². The number of carbonyl (C=O) groups excluding carboxylic acids is 1. The number of hydrogen-bond donors (Lipinski definition) is 3. The topological polar surface area (TPSA) is 81.7 Å². The maximum Gasteiger partial charge on any atom is 0.409 e. The number of nitrogens with one attached hydrogen (secondary N) is 2. The maximum atomic E-state index is 12.6. The van der Waals surface area contributed by atoms with E-state index in [0.29, 0.717) is 16.9 Å². The van der Waals surface area contributed by atoms with Gasteiger partial charge in [0.1, 0.15) is 0 Å². The summed E-state index contributed by atoms with van der Waals surface area (Å²) in [6.07, 6.45) is 6.10. The Morgan fingerprint density at radius 2 is 1.60 bits per heavy atom. The lowest BCUT2D eigenvalue weighted by Gasteiger charge is -2.28. The molecule has 4 rings (SSSR count). The van der Waals surface area contributed by atoms with Gasteiger partial charge in [0.25, 0.3) is 5.91 Å². The molecule has 3 N–H and O–H groups in total. The van der Waals surface area contributed by atoms with Crippen LogP contribution >= 0.6 is 0 Å². The number of benzene rings is 2. The predicted octanol–water partition coefficient (Wildman–Crippen LogP) is 4.92. The van der Waals surface area contributed by atoms with E-state index in [1.165, 1.54) is 25.0 Å². The highest BCUT2D eigenvalue weighted by Crippen LogP contribution is 2.31. The van der Waals surface area contributed by atoms with E-state index in [1.54, 1.807) is 36.4 Å². The van der Waals surface area contributed by atoms with E-state index >= 15 is 0 Å². The number of amides is 2. The van der Waals surface area contributed by atoms with Gasteiger partial charge in [0.05, 0.1) is 11.4 Å². The van der Waals surface area contributed by atoms with Gasteiger partial charge >= 0.3 is 6.09 Å². The highest BCUT2D eigenvalue weighted by atomic mass is 16.4. The zero-order chi connectivity index (χ0) is 20.9. The molecule has 2 amide bonds. The molecule has 0 bridgehead atoms. The van der Waals surface area contributed by atoms with Crippen molar-refractivity contribution < 1.29 is 14.7 Å². The Labute approximate surface area is 176 Å². The molecule has 6 nitrogen and oxygen atoms in total. The van der Waals surface area contributed by atoms with Gasteiger partial charge in [0.15, 0.2) is 0 Å². The van der Waals surface area contributed by atoms with E-state index in [0.717, 1.165) is 37.4 Å². The van der Waals surface area contributed by atoms with Gasteiger partial charge in [-0.15, -0.1) is 0 Å². The standard InChI is InChI=1S/C24H27N3O3/c28-23(25-21-3-1-2-4-22(21)26-24(29)30)20-9-7-17(8-10-20)15-18-11-13-27(14-12-18)16-19-5-6-19/h1-4,7-10,15,19,26H,5-6,11-14,16H2,(H,25,28)(H,29,30). The largest absolute Gasteiger partial charge is 0.465 e. The second-order valence-corrected chi connectivity index (χ2v) is 8.10. The molecule has 1 heterocycles. The molecule has 1 aliphatic carbocycles. The molecule has 156 valence electrons. The monoisotopic (exact) mass is 405 g/mol. The van der Waals surface area contributed by atoms with Gasteiger partial charge in [0, 0.05) is 25.2 Å². The van der Waals surface area contributed by atoms with Crippen molar-refractivity contribution >= 4 is 29.5 Å². The number of likely N-dealkylation sites (tertiary alicyclic amines) is 1. The minimum atomic E-state index is -1.17. The van der Waals surface area contributed by atoms with Gasteiger partial charge in [-0.05, 0) is 61.4 Å². The van der Waals surface area contributed by atoms with Gasteiger partial charge in [-0.1, -0.05) is 35.9 Å². The Hall–Kier alpha value is -3.12. The molecule has 1 saturated heterocycles. The smallest absolute Gasteiger partial charge is 0.409 e. The van der Waals surface area contributed by atoms with Crippen molar-refractivity contribution in [2.24, 2.45) is 5.92 Å². The summed E-state index contributed by atoms with van der Waals surface area (Å²) in [5.74, 6) is 0.670. The van der Waals surface area contributed by atoms with Crippen molar-refractivity contribution in [3.63, 3.8) is 0 Å². The summed E-state index contributed by atoms with van der Waals surface area (Å²) in [5.41, 5.74) is 3.86. The van der Waals surface area contributed by atoms with Crippen molar-refractivity contribution in [1.82, 2.24) is 4.90 Å². The molecule has 2 aromatic rings. The Kier molecular flexibility index (Phi) is 6.14. The van der Waals surface area contributed by atoms with Crippen molar-refractivity contribution in [3.8, 4) is 0 Å². The van der Waals surface area contributed by atoms with Crippen LogP contribution in [0.3, 0.4) is 0 Å². The third kappa shape index (κ3) is 5.48. The second-order valence-electron chi connectivity index (χ2n) is 8.10. The number of carboxylic acid groups (broad SMARTS) is 1. The molecule has 0 unspecified atom stereocenters. The van der Waals surface area contributed by atoms with Gasteiger partial charge < -0.3 is 15.3 Å². The van der Waals surface area contributed by atoms with Crippen LogP contribution in [-0.4, -0.2) is 41.6 Å². The summed E-state index contributed by atoms with van der Waals surface area (Å²) in [4.78, 5) is 26.1. The van der Waals surface area contributed by atoms with E-state index in [-0.39, 0.29) is 5.91 Å². The highest BCUT2D eigenvalue weighted by Gasteiger charge is 2.25. The molecule has 6 heteroatoms. The molecule has 1 aliphatic heterocycles. The molecular formula is C24H27N3O3. The van der Waals surface area contributed by atoms with Crippen LogP contribution in [-0.2, 0) is 0 Å². The molecule has 0 atom stereocenters. The van der Waals surface area contributed by atoms with Gasteiger partial charge in [-0.2, -0.15) is 0 Å². The zero-order valence-electron chi connectivity index (χ0n) is 16.9. The van der Waals surface area contributed by atoms with Crippen LogP contribution in [0.1, 0.15) is 41.6 Å². The number of piperidine rings is 1. The summed E-state index contributed by atoms with van der Waals surface area (Å²) in [6.45, 7) is 3.56. The third-order valence-corrected chi connectivity index (χ3v) is 5.67. The van der Waals surface area contributed by atoms with Crippen LogP contribution in [0.15, 0.2) is 54.1 Å². The van der Waals surface area contributed by atoms with Crippen LogP contribution in [0.5, 0.6) is 0 Å². The second kappa shape index (κ2) is 9.13. The first-order chi connectivity index (χ1) is 14.6. The predicted molar refractivity (Wildman–Crippen MR) is 119 cm³/mol. The van der Waals surface area contributed by atoms with Gasteiger partial charge in [0.2, 0.25) is 0 Å². The van der Waals surface area contributed by atoms with Crippen molar-refractivity contribution in [2.45, 2.75) is 25.7 Å². The first kappa shape index (κ1) is 20.2. The average molecular weight is 405 g/mol. The van der Waals surface area contributed by atoms with Crippen LogP contribution in [0.2, 0.25) is 0 Å². The molecule has 0 aromatic heterocycles. The molecular weight excluding hydrogens is 378 g/mol. The lowest BCUT2D eigenvalue weighted by atomic mass is 10.00. The first-order valence-electron chi connectivity index (χ1n) is 10.5. The summed E-state index contributed by atoms with van der Waals surface area (Å²) in [6, 6.07) is 14.2. The Morgan fingerprint density at radius 3 is 2.20 bits per heavy atom. The number of anilines is 2. The van der Waals surface area contributed by atoms with Crippen LogP contribution in [0.4, 0.5) is 16.2 Å². The first-order valence-corrected chi connectivity index (χ1v) is 10.5. The van der Waals surface area contributed by atoms with Gasteiger partial charge in [-0.3, -0.25) is 10.1 Å². The average Bonchev–Trinajstić information content (AvgIpc) is 3.55. The fraction of sp³-hybridized carbons (Fsp3) is 0.333. The molecule has 0 radical (unpaired) electrons. The minimum absolute atomic E-state index is 0.276. The summed E-state index contributed by atoms with van der Waals surface area (Å²) in [5, 5.41) is 14.0. The summed E-state index contributed by atoms with van der Waals surface area (Å²) in [7, 11) is 0. The number of para-hydroxylation sites is 2. The minimum Gasteiger partial charge on any atom is -0.465 e. The fourth-order valence-electron chi connectivity index (χ4n) is 3.81. The fourth-order valence-corrected chi connectivity index (χ4v) is 3.81. The molecule has 2 aliphatic rings. The van der Waals surface area contributed by atoms with Crippen molar-refractivity contribution in [2.75, 3.05) is 30.3 Å². The van der Waals surface area contributed by atoms with Crippen LogP contribution in [0, 0.1) is 5.92 Å². The molecule has 2 fully saturated rings. The number of rotatable bonds is 6. The number of nitrogens with zero attached hydrogens (tertiary/aromatic N) is 1. The van der Waals surface area contributed by atoms with E-state index in [2.05, 4.69) is 21.6 Å². The summed E-state index contributed by atoms with van der Waals surface area (Å²) < 4.78 is 0. The molecule has 1 saturated carbocycles. The number of hydrogen-bond acceptors (Lipinski definition) is 3. The lowest BCUT2D eigenvalue weighted by molar-refractivity contribution is 0.102. The Balaban J connectivity index is 1.35. The Morgan fingerprint density at radius 1 is 0.967 bits per heavy atom. The zero-order valence-corrected chi connectivity index (χ0v) is 16.9. The normalized spacial score (nSPS) is 16.7. The highest BCUT2D eigenvalue weighted by molar-refractivity contribution is 6.06. The van der Waals surface area contributed by atoms with E-state index in [4.69, 9.17) is 5.11 Å². The summed E-state index contributed by atoms with van der Waals surface area (Å²) >= 11 is 0. The van der Waals surface area contributed by atoms with Crippen LogP contribution < -0.4 is 10.6 Å². The third-order valence-electron chi connectivity index (χ3n) is 5.67. The van der Waals surface area contributed by atoms with Crippen LogP contribution in [0.25, 0.3) is 6.08 Å². The van der Waals surface area contributed by atoms with E-state index in [1.807, 2.05) is 12.1 Å². The lowest BCUT2D eigenvalue weighted by Crippen LogP contribution is -2.32. The van der Waals surface area contributed by atoms with E-state index < -0.39 is 6.09 Å². The maximum absolute atomic E-state index is 12.6. The van der Waals surface area contributed by atoms with Crippen molar-refractivity contribution in [1.29, 1.82) is 0 Å². The molecule has 2 aromatic carbocycles. The quantitative estimate of drug-likeness (QED) is 0.637. The molecule has 0 spiro atoms. The Bertz CT molecular complexity index is 938. The van der Waals surface area contributed by atoms with Crippen molar-refractivity contribution in [3.05, 3.63) is 65.2 Å². The number of carbonyl (C=O) groups is 2. The SMILES string of the molecule is O=C(O)Nc1ccccc1NC(=O)c1ccc(C=C2CCN(CC3CC3)CC2)cc1. The van der Waals surface area contributed by atoms with Gasteiger partial charge in [-0.25, -0.2) is 4.79 Å².